The monoisotopic (exact) mass is 341 g/mol. The number of anilines is 1. The topological polar surface area (TPSA) is 71.2 Å². The van der Waals surface area contributed by atoms with E-state index in [-0.39, 0.29) is 0 Å². The molecule has 1 N–H and O–H groups in total. The van der Waals surface area contributed by atoms with Gasteiger partial charge in [0.15, 0.2) is 11.5 Å². The SMILES string of the molecule is c1csc(CNCC2CN(c3ccc4nnc(C5CC5)n4n3)C2)n1. The van der Waals surface area contributed by atoms with Gasteiger partial charge in [0.05, 0.1) is 0 Å². The molecule has 0 bridgehead atoms. The summed E-state index contributed by atoms with van der Waals surface area (Å²) in [5.41, 5.74) is 0.850. The van der Waals surface area contributed by atoms with Crippen LogP contribution in [-0.4, -0.2) is 44.4 Å². The average molecular weight is 341 g/mol. The number of hydrogen-bond acceptors (Lipinski definition) is 7. The van der Waals surface area contributed by atoms with Crippen molar-refractivity contribution >= 4 is 22.8 Å². The van der Waals surface area contributed by atoms with Crippen molar-refractivity contribution in [3.8, 4) is 0 Å². The zero-order valence-electron chi connectivity index (χ0n) is 13.3. The lowest BCUT2D eigenvalue weighted by molar-refractivity contribution is 0.381. The number of fused-ring (bicyclic) bond motifs is 1. The van der Waals surface area contributed by atoms with Crippen LogP contribution in [0.2, 0.25) is 0 Å². The normalized spacial score (nSPS) is 18.2. The van der Waals surface area contributed by atoms with Gasteiger partial charge in [-0.1, -0.05) is 0 Å². The highest BCUT2D eigenvalue weighted by atomic mass is 32.1. The molecule has 8 heteroatoms. The molecule has 1 saturated carbocycles. The number of nitrogens with zero attached hydrogens (tertiary/aromatic N) is 6. The van der Waals surface area contributed by atoms with Gasteiger partial charge in [0.25, 0.3) is 0 Å². The summed E-state index contributed by atoms with van der Waals surface area (Å²) in [5, 5.41) is 19.9. The summed E-state index contributed by atoms with van der Waals surface area (Å²) < 4.78 is 1.93. The van der Waals surface area contributed by atoms with Crippen LogP contribution in [0, 0.1) is 5.92 Å². The molecule has 1 aliphatic heterocycles. The molecule has 2 aliphatic rings. The summed E-state index contributed by atoms with van der Waals surface area (Å²) in [6, 6.07) is 4.08. The van der Waals surface area contributed by atoms with Crippen LogP contribution in [0.5, 0.6) is 0 Å². The van der Waals surface area contributed by atoms with E-state index in [2.05, 4.69) is 31.5 Å². The molecule has 4 heterocycles. The maximum absolute atomic E-state index is 4.76. The largest absolute Gasteiger partial charge is 0.354 e. The molecule has 0 aromatic carbocycles. The van der Waals surface area contributed by atoms with Crippen LogP contribution in [0.25, 0.3) is 5.65 Å². The second-order valence-electron chi connectivity index (χ2n) is 6.62. The maximum atomic E-state index is 4.76. The molecule has 7 nitrogen and oxygen atoms in total. The van der Waals surface area contributed by atoms with Gasteiger partial charge in [0, 0.05) is 49.6 Å². The lowest BCUT2D eigenvalue weighted by Gasteiger charge is -2.40. The number of rotatable bonds is 6. The second-order valence-corrected chi connectivity index (χ2v) is 7.60. The summed E-state index contributed by atoms with van der Waals surface area (Å²) in [6.07, 6.45) is 4.28. The summed E-state index contributed by atoms with van der Waals surface area (Å²) in [4.78, 5) is 6.62. The van der Waals surface area contributed by atoms with Gasteiger partial charge in [-0.05, 0) is 25.0 Å². The minimum atomic E-state index is 0.557. The fraction of sp³-hybridized carbons (Fsp3) is 0.500. The third kappa shape index (κ3) is 2.65. The van der Waals surface area contributed by atoms with Crippen molar-refractivity contribution in [1.29, 1.82) is 0 Å². The molecule has 1 saturated heterocycles. The molecule has 24 heavy (non-hydrogen) atoms. The van der Waals surface area contributed by atoms with Gasteiger partial charge in [0.1, 0.15) is 10.8 Å². The van der Waals surface area contributed by atoms with Gasteiger partial charge in [-0.25, -0.2) is 4.98 Å². The Morgan fingerprint density at radius 3 is 2.92 bits per heavy atom. The average Bonchev–Trinajstić information content (AvgIpc) is 3.10. The zero-order chi connectivity index (χ0) is 15.9. The van der Waals surface area contributed by atoms with E-state index in [0.717, 1.165) is 48.5 Å². The standard InChI is InChI=1S/C16H19N7S/c1-2-12(1)16-20-19-13-3-4-14(21-23(13)16)22-9-11(10-22)7-17-8-15-18-5-6-24-15/h3-6,11-12,17H,1-2,7-10H2. The second kappa shape index (κ2) is 5.78. The molecule has 124 valence electrons. The smallest absolute Gasteiger partial charge is 0.178 e. The molecule has 1 aliphatic carbocycles. The van der Waals surface area contributed by atoms with Gasteiger partial charge in [-0.2, -0.15) is 4.52 Å². The third-order valence-corrected chi connectivity index (χ3v) is 5.47. The molecule has 0 radical (unpaired) electrons. The predicted octanol–water partition coefficient (Wildman–Crippen LogP) is 1.68. The first-order valence-corrected chi connectivity index (χ1v) is 9.31. The summed E-state index contributed by atoms with van der Waals surface area (Å²) in [5.74, 6) is 3.28. The molecular formula is C16H19N7S. The quantitative estimate of drug-likeness (QED) is 0.736. The minimum absolute atomic E-state index is 0.557. The molecule has 0 spiro atoms. The van der Waals surface area contributed by atoms with Gasteiger partial charge < -0.3 is 10.2 Å². The van der Waals surface area contributed by atoms with Crippen molar-refractivity contribution in [2.24, 2.45) is 5.92 Å². The van der Waals surface area contributed by atoms with E-state index < -0.39 is 0 Å². The molecular weight excluding hydrogens is 322 g/mol. The van der Waals surface area contributed by atoms with Crippen molar-refractivity contribution in [2.75, 3.05) is 24.5 Å². The summed E-state index contributed by atoms with van der Waals surface area (Å²) in [6.45, 7) is 3.98. The molecule has 3 aromatic rings. The Morgan fingerprint density at radius 2 is 2.12 bits per heavy atom. The predicted molar refractivity (Wildman–Crippen MR) is 92.3 cm³/mol. The summed E-state index contributed by atoms with van der Waals surface area (Å²) >= 11 is 1.70. The van der Waals surface area contributed by atoms with Crippen LogP contribution in [-0.2, 0) is 6.54 Å². The van der Waals surface area contributed by atoms with Crippen LogP contribution in [0.3, 0.4) is 0 Å². The molecule has 0 atom stereocenters. The van der Waals surface area contributed by atoms with E-state index in [9.17, 15) is 0 Å². The fourth-order valence-corrected chi connectivity index (χ4v) is 3.76. The molecule has 3 aromatic heterocycles. The Hall–Kier alpha value is -2.06. The zero-order valence-corrected chi connectivity index (χ0v) is 14.1. The van der Waals surface area contributed by atoms with Crippen molar-refractivity contribution in [1.82, 2.24) is 30.1 Å². The van der Waals surface area contributed by atoms with Crippen LogP contribution in [0.15, 0.2) is 23.7 Å². The third-order valence-electron chi connectivity index (χ3n) is 4.69. The van der Waals surface area contributed by atoms with Crippen molar-refractivity contribution in [3.05, 3.63) is 34.5 Å². The lowest BCUT2D eigenvalue weighted by atomic mass is 10.0. The van der Waals surface area contributed by atoms with E-state index in [4.69, 9.17) is 5.10 Å². The molecule has 0 unspecified atom stereocenters. The highest BCUT2D eigenvalue weighted by Gasteiger charge is 2.31. The van der Waals surface area contributed by atoms with Gasteiger partial charge in [0.2, 0.25) is 0 Å². The first-order chi connectivity index (χ1) is 11.9. The number of thiazole rings is 1. The van der Waals surface area contributed by atoms with Crippen molar-refractivity contribution in [3.63, 3.8) is 0 Å². The Labute approximate surface area is 143 Å². The Bertz CT molecular complexity index is 833. The molecule has 2 fully saturated rings. The minimum Gasteiger partial charge on any atom is -0.354 e. The van der Waals surface area contributed by atoms with E-state index >= 15 is 0 Å². The van der Waals surface area contributed by atoms with Gasteiger partial charge in [-0.15, -0.1) is 26.6 Å². The summed E-state index contributed by atoms with van der Waals surface area (Å²) in [7, 11) is 0. The molecule has 0 amide bonds. The lowest BCUT2D eigenvalue weighted by Crippen LogP contribution is -2.51. The van der Waals surface area contributed by atoms with Crippen molar-refractivity contribution in [2.45, 2.75) is 25.3 Å². The number of nitrogens with one attached hydrogen (secondary N) is 1. The first kappa shape index (κ1) is 14.3. The van der Waals surface area contributed by atoms with E-state index in [0.29, 0.717) is 11.8 Å². The first-order valence-electron chi connectivity index (χ1n) is 8.43. The number of aromatic nitrogens is 5. The maximum Gasteiger partial charge on any atom is 0.178 e. The molecule has 5 rings (SSSR count). The Balaban J connectivity index is 1.19. The van der Waals surface area contributed by atoms with E-state index in [1.807, 2.05) is 22.2 Å². The van der Waals surface area contributed by atoms with Gasteiger partial charge in [-0.3, -0.25) is 0 Å². The van der Waals surface area contributed by atoms with Crippen LogP contribution >= 0.6 is 11.3 Å². The van der Waals surface area contributed by atoms with Crippen LogP contribution in [0.4, 0.5) is 5.82 Å². The van der Waals surface area contributed by atoms with Crippen LogP contribution < -0.4 is 10.2 Å². The van der Waals surface area contributed by atoms with Gasteiger partial charge >= 0.3 is 0 Å². The van der Waals surface area contributed by atoms with E-state index in [1.165, 1.54) is 12.8 Å². The highest BCUT2D eigenvalue weighted by Crippen LogP contribution is 2.38. The van der Waals surface area contributed by atoms with Crippen LogP contribution in [0.1, 0.15) is 29.6 Å². The Morgan fingerprint density at radius 1 is 1.21 bits per heavy atom. The Kier molecular flexibility index (Phi) is 3.45. The fourth-order valence-electron chi connectivity index (χ4n) is 3.17. The van der Waals surface area contributed by atoms with E-state index in [1.54, 1.807) is 11.3 Å². The number of hydrogen-bond donors (Lipinski definition) is 1. The highest BCUT2D eigenvalue weighted by molar-refractivity contribution is 7.09. The van der Waals surface area contributed by atoms with Crippen molar-refractivity contribution < 1.29 is 0 Å².